The third-order valence-corrected chi connectivity index (χ3v) is 6.10. The number of hydrogen-bond donors (Lipinski definition) is 0. The molecule has 0 bridgehead atoms. The Bertz CT molecular complexity index is 821. The molecule has 2 saturated heterocycles. The fourth-order valence-corrected chi connectivity index (χ4v) is 4.87. The van der Waals surface area contributed by atoms with Crippen molar-refractivity contribution in [1.82, 2.24) is 29.5 Å². The maximum Gasteiger partial charge on any atom is 0.230 e. The summed E-state index contributed by atoms with van der Waals surface area (Å²) in [5.74, 6) is 1.21. The molecule has 0 spiro atoms. The van der Waals surface area contributed by atoms with Crippen molar-refractivity contribution in [2.45, 2.75) is 19.4 Å². The Hall–Kier alpha value is -2.48. The number of likely N-dealkylation sites (tertiary alicyclic amines) is 1. The first-order valence-corrected chi connectivity index (χ1v) is 9.91. The molecule has 0 saturated carbocycles. The topological polar surface area (TPSA) is 70.4 Å². The molecule has 8 nitrogen and oxygen atoms in total. The van der Waals surface area contributed by atoms with Crippen LogP contribution in [0.2, 0.25) is 0 Å². The molecule has 4 heterocycles. The number of hydrogen-bond acceptors (Lipinski definition) is 6. The van der Waals surface area contributed by atoms with E-state index >= 15 is 0 Å². The summed E-state index contributed by atoms with van der Waals surface area (Å²) in [6, 6.07) is 1.83. The summed E-state index contributed by atoms with van der Waals surface area (Å²) in [4.78, 5) is 28.6. The molecule has 2 atom stereocenters. The van der Waals surface area contributed by atoms with Gasteiger partial charge in [0.05, 0.1) is 11.6 Å². The van der Waals surface area contributed by atoms with E-state index in [1.807, 2.05) is 38.1 Å². The number of carbonyl (C=O) groups is 1. The normalized spacial score (nSPS) is 25.4. The van der Waals surface area contributed by atoms with E-state index in [-0.39, 0.29) is 17.2 Å². The lowest BCUT2D eigenvalue weighted by molar-refractivity contribution is -0.141. The average Bonchev–Trinajstić information content (AvgIpc) is 3.21. The lowest BCUT2D eigenvalue weighted by Gasteiger charge is -2.34. The van der Waals surface area contributed by atoms with Gasteiger partial charge in [-0.15, -0.1) is 0 Å². The van der Waals surface area contributed by atoms with Crippen LogP contribution in [-0.4, -0.2) is 75.7 Å². The summed E-state index contributed by atoms with van der Waals surface area (Å²) in [7, 11) is 5.68. The number of aryl methyl sites for hydroxylation is 1. The fourth-order valence-electron chi connectivity index (χ4n) is 4.87. The average molecular weight is 384 g/mol. The third-order valence-electron chi connectivity index (χ3n) is 6.10. The van der Waals surface area contributed by atoms with Gasteiger partial charge in [-0.3, -0.25) is 14.4 Å². The zero-order valence-corrected chi connectivity index (χ0v) is 17.0. The highest BCUT2D eigenvalue weighted by atomic mass is 16.2. The minimum atomic E-state index is -0.369. The highest BCUT2D eigenvalue weighted by molar-refractivity contribution is 5.84. The van der Waals surface area contributed by atoms with Crippen LogP contribution in [0.25, 0.3) is 0 Å². The molecule has 2 aliphatic heterocycles. The van der Waals surface area contributed by atoms with Crippen LogP contribution in [-0.2, 0) is 18.4 Å². The van der Waals surface area contributed by atoms with Gasteiger partial charge in [0.15, 0.2) is 0 Å². The molecule has 28 heavy (non-hydrogen) atoms. The molecule has 2 aromatic heterocycles. The number of carbonyl (C=O) groups excluding carboxylic acids is 1. The largest absolute Gasteiger partial charge is 0.348 e. The smallest absolute Gasteiger partial charge is 0.230 e. The second-order valence-corrected chi connectivity index (χ2v) is 8.34. The van der Waals surface area contributed by atoms with Gasteiger partial charge in [0.25, 0.3) is 0 Å². The van der Waals surface area contributed by atoms with Crippen molar-refractivity contribution in [2.75, 3.05) is 45.2 Å². The van der Waals surface area contributed by atoms with Gasteiger partial charge in [-0.1, -0.05) is 0 Å². The van der Waals surface area contributed by atoms with Gasteiger partial charge in [-0.05, 0) is 25.5 Å². The molecular weight excluding hydrogens is 354 g/mol. The summed E-state index contributed by atoms with van der Waals surface area (Å²) in [5.41, 5.74) is 0.849. The van der Waals surface area contributed by atoms with Crippen LogP contribution in [0.5, 0.6) is 0 Å². The van der Waals surface area contributed by atoms with E-state index in [1.165, 1.54) is 5.56 Å². The van der Waals surface area contributed by atoms with E-state index in [1.54, 1.807) is 17.3 Å². The summed E-state index contributed by atoms with van der Waals surface area (Å²) in [5, 5.41) is 4.29. The van der Waals surface area contributed by atoms with Crippen LogP contribution in [0, 0.1) is 11.3 Å². The molecular formula is C20H29N7O. The van der Waals surface area contributed by atoms with E-state index in [9.17, 15) is 4.79 Å². The van der Waals surface area contributed by atoms with Gasteiger partial charge < -0.3 is 9.80 Å². The molecule has 8 heteroatoms. The SMILES string of the molecule is CN(C)C(=O)[C@]12CCCN(Cc3cnn(C)c3)C[C@H]1CN(c1ncccn1)C2. The summed E-state index contributed by atoms with van der Waals surface area (Å²) < 4.78 is 1.84. The van der Waals surface area contributed by atoms with Crippen molar-refractivity contribution in [3.63, 3.8) is 0 Å². The van der Waals surface area contributed by atoms with Crippen molar-refractivity contribution < 1.29 is 4.79 Å². The highest BCUT2D eigenvalue weighted by Crippen LogP contribution is 2.44. The first kappa shape index (κ1) is 18.9. The summed E-state index contributed by atoms with van der Waals surface area (Å²) in [6.07, 6.45) is 9.46. The van der Waals surface area contributed by atoms with Crippen molar-refractivity contribution in [3.8, 4) is 0 Å². The fraction of sp³-hybridized carbons (Fsp3) is 0.600. The standard InChI is InChI=1S/C20H29N7O/c1-24(2)18(28)20-6-4-9-26(12-16-10-23-25(3)11-16)13-17(20)14-27(15-20)19-21-7-5-8-22-19/h5,7-8,10-11,17H,4,6,9,12-15H2,1-3H3/t17-,20-/m0/s1. The van der Waals surface area contributed by atoms with Gasteiger partial charge in [0, 0.05) is 77.4 Å². The summed E-state index contributed by atoms with van der Waals surface area (Å²) >= 11 is 0. The number of fused-ring (bicyclic) bond motifs is 1. The zero-order chi connectivity index (χ0) is 19.7. The third kappa shape index (κ3) is 3.48. The second kappa shape index (κ2) is 7.50. The van der Waals surface area contributed by atoms with Crippen molar-refractivity contribution in [3.05, 3.63) is 36.4 Å². The summed E-state index contributed by atoms with van der Waals surface area (Å²) in [6.45, 7) is 4.29. The van der Waals surface area contributed by atoms with Crippen LogP contribution < -0.4 is 4.90 Å². The number of nitrogens with zero attached hydrogens (tertiary/aromatic N) is 7. The number of rotatable bonds is 4. The molecule has 0 radical (unpaired) electrons. The monoisotopic (exact) mass is 383 g/mol. The Morgan fingerprint density at radius 2 is 2.07 bits per heavy atom. The molecule has 2 aromatic rings. The van der Waals surface area contributed by atoms with Gasteiger partial charge >= 0.3 is 0 Å². The quantitative estimate of drug-likeness (QED) is 0.785. The van der Waals surface area contributed by atoms with Crippen molar-refractivity contribution in [2.24, 2.45) is 18.4 Å². The van der Waals surface area contributed by atoms with Gasteiger partial charge in [-0.2, -0.15) is 5.10 Å². The van der Waals surface area contributed by atoms with Gasteiger partial charge in [-0.25, -0.2) is 9.97 Å². The molecule has 0 unspecified atom stereocenters. The van der Waals surface area contributed by atoms with E-state index in [0.717, 1.165) is 45.0 Å². The van der Waals surface area contributed by atoms with Crippen LogP contribution >= 0.6 is 0 Å². The van der Waals surface area contributed by atoms with Crippen LogP contribution in [0.1, 0.15) is 18.4 Å². The Balaban J connectivity index is 1.59. The van der Waals surface area contributed by atoms with Crippen LogP contribution in [0.3, 0.4) is 0 Å². The predicted octanol–water partition coefficient (Wildman–Crippen LogP) is 1.02. The molecule has 2 aliphatic rings. The van der Waals surface area contributed by atoms with E-state index in [2.05, 4.69) is 31.1 Å². The van der Waals surface area contributed by atoms with Crippen LogP contribution in [0.4, 0.5) is 5.95 Å². The Kier molecular flexibility index (Phi) is 5.05. The maximum absolute atomic E-state index is 13.3. The van der Waals surface area contributed by atoms with Gasteiger partial charge in [0.1, 0.15) is 0 Å². The maximum atomic E-state index is 13.3. The Morgan fingerprint density at radius 3 is 2.75 bits per heavy atom. The van der Waals surface area contributed by atoms with Gasteiger partial charge in [0.2, 0.25) is 11.9 Å². The van der Waals surface area contributed by atoms with Crippen molar-refractivity contribution in [1.29, 1.82) is 0 Å². The number of amides is 1. The highest BCUT2D eigenvalue weighted by Gasteiger charge is 2.54. The molecule has 0 aromatic carbocycles. The van der Waals surface area contributed by atoms with Crippen molar-refractivity contribution >= 4 is 11.9 Å². The number of aromatic nitrogens is 4. The second-order valence-electron chi connectivity index (χ2n) is 8.34. The molecule has 1 amide bonds. The van der Waals surface area contributed by atoms with Crippen LogP contribution in [0.15, 0.2) is 30.9 Å². The lowest BCUT2D eigenvalue weighted by Crippen LogP contribution is -2.47. The molecule has 0 aliphatic carbocycles. The molecule has 150 valence electrons. The minimum absolute atomic E-state index is 0.235. The first-order valence-electron chi connectivity index (χ1n) is 9.91. The van der Waals surface area contributed by atoms with E-state index in [0.29, 0.717) is 6.54 Å². The predicted molar refractivity (Wildman–Crippen MR) is 107 cm³/mol. The first-order chi connectivity index (χ1) is 13.5. The van der Waals surface area contributed by atoms with E-state index < -0.39 is 0 Å². The Morgan fingerprint density at radius 1 is 1.29 bits per heavy atom. The minimum Gasteiger partial charge on any atom is -0.348 e. The van der Waals surface area contributed by atoms with E-state index in [4.69, 9.17) is 0 Å². The zero-order valence-electron chi connectivity index (χ0n) is 17.0. The molecule has 4 rings (SSSR count). The molecule has 2 fully saturated rings. The Labute approximate surface area is 166 Å². The lowest BCUT2D eigenvalue weighted by atomic mass is 9.74. The number of anilines is 1. The molecule has 0 N–H and O–H groups in total.